The third-order valence-corrected chi connectivity index (χ3v) is 2.25. The Morgan fingerprint density at radius 3 is 2.65 bits per heavy atom. The van der Waals surface area contributed by atoms with Gasteiger partial charge in [0.25, 0.3) is 5.91 Å². The van der Waals surface area contributed by atoms with Crippen LogP contribution in [0.2, 0.25) is 0 Å². The van der Waals surface area contributed by atoms with E-state index in [1.54, 1.807) is 0 Å². The molecule has 1 aromatic rings. The Morgan fingerprint density at radius 1 is 1.47 bits per heavy atom. The zero-order chi connectivity index (χ0) is 12.8. The third-order valence-electron chi connectivity index (χ3n) is 2.25. The Morgan fingerprint density at radius 2 is 2.18 bits per heavy atom. The van der Waals surface area contributed by atoms with Crippen LogP contribution in [-0.2, 0) is 11.2 Å². The number of hydrogen-bond acceptors (Lipinski definition) is 4. The van der Waals surface area contributed by atoms with Crippen LogP contribution in [0.5, 0.6) is 0 Å². The first-order valence-corrected chi connectivity index (χ1v) is 5.53. The molecule has 7 nitrogen and oxygen atoms in total. The lowest BCUT2D eigenvalue weighted by molar-refractivity contribution is -0.139. The molecule has 0 saturated heterocycles. The number of nitrogens with one attached hydrogen (secondary N) is 2. The minimum atomic E-state index is -1.05. The number of aromatic amines is 1. The fourth-order valence-corrected chi connectivity index (χ4v) is 1.32. The molecule has 0 aromatic carbocycles. The van der Waals surface area contributed by atoms with Crippen LogP contribution in [-0.4, -0.2) is 38.2 Å². The lowest BCUT2D eigenvalue weighted by Crippen LogP contribution is -2.41. The van der Waals surface area contributed by atoms with E-state index in [2.05, 4.69) is 20.5 Å². The van der Waals surface area contributed by atoms with Gasteiger partial charge in [0.05, 0.1) is 0 Å². The van der Waals surface area contributed by atoms with Crippen LogP contribution in [0.25, 0.3) is 0 Å². The van der Waals surface area contributed by atoms with Crippen LogP contribution in [0.1, 0.15) is 43.1 Å². The summed E-state index contributed by atoms with van der Waals surface area (Å²) in [4.78, 5) is 26.4. The smallest absolute Gasteiger partial charge is 0.326 e. The Labute approximate surface area is 98.6 Å². The number of H-pyrrole nitrogens is 1. The summed E-state index contributed by atoms with van der Waals surface area (Å²) in [6.07, 6.45) is 1.69. The SMILES string of the molecule is CCC[C@H](NC(=O)c1n[nH]c(CC)n1)C(=O)O. The molecule has 94 valence electrons. The summed E-state index contributed by atoms with van der Waals surface area (Å²) in [6.45, 7) is 3.73. The summed E-state index contributed by atoms with van der Waals surface area (Å²) in [7, 11) is 0. The lowest BCUT2D eigenvalue weighted by Gasteiger charge is -2.11. The van der Waals surface area contributed by atoms with E-state index in [1.807, 2.05) is 13.8 Å². The van der Waals surface area contributed by atoms with E-state index in [0.717, 1.165) is 0 Å². The summed E-state index contributed by atoms with van der Waals surface area (Å²) in [6, 6.07) is -0.893. The van der Waals surface area contributed by atoms with Crippen molar-refractivity contribution in [2.75, 3.05) is 0 Å². The molecule has 1 amide bonds. The van der Waals surface area contributed by atoms with Crippen LogP contribution < -0.4 is 5.32 Å². The Bertz CT molecular complexity index is 402. The van der Waals surface area contributed by atoms with Gasteiger partial charge >= 0.3 is 5.97 Å². The first-order valence-electron chi connectivity index (χ1n) is 5.53. The van der Waals surface area contributed by atoms with Gasteiger partial charge in [-0.2, -0.15) is 0 Å². The second-order valence-corrected chi connectivity index (χ2v) is 3.61. The average molecular weight is 240 g/mol. The van der Waals surface area contributed by atoms with E-state index >= 15 is 0 Å². The van der Waals surface area contributed by atoms with Gasteiger partial charge in [-0.05, 0) is 6.42 Å². The number of amides is 1. The summed E-state index contributed by atoms with van der Waals surface area (Å²) in [5.41, 5.74) is 0. The fourth-order valence-electron chi connectivity index (χ4n) is 1.32. The van der Waals surface area contributed by atoms with Gasteiger partial charge in [0, 0.05) is 6.42 Å². The second kappa shape index (κ2) is 5.97. The molecule has 7 heteroatoms. The summed E-state index contributed by atoms with van der Waals surface area (Å²) < 4.78 is 0. The second-order valence-electron chi connectivity index (χ2n) is 3.61. The highest BCUT2D eigenvalue weighted by Crippen LogP contribution is 1.99. The number of aromatic nitrogens is 3. The highest BCUT2D eigenvalue weighted by Gasteiger charge is 2.21. The highest BCUT2D eigenvalue weighted by atomic mass is 16.4. The van der Waals surface area contributed by atoms with Crippen molar-refractivity contribution in [1.29, 1.82) is 0 Å². The molecule has 0 radical (unpaired) electrons. The van der Waals surface area contributed by atoms with E-state index < -0.39 is 17.9 Å². The molecule has 1 aromatic heterocycles. The van der Waals surface area contributed by atoms with Gasteiger partial charge in [0.15, 0.2) is 0 Å². The van der Waals surface area contributed by atoms with E-state index in [1.165, 1.54) is 0 Å². The maximum absolute atomic E-state index is 11.6. The molecule has 0 aliphatic rings. The molecular weight excluding hydrogens is 224 g/mol. The molecule has 17 heavy (non-hydrogen) atoms. The molecule has 0 unspecified atom stereocenters. The van der Waals surface area contributed by atoms with Gasteiger partial charge in [-0.15, -0.1) is 5.10 Å². The predicted molar refractivity (Wildman–Crippen MR) is 59.6 cm³/mol. The average Bonchev–Trinajstić information content (AvgIpc) is 2.76. The van der Waals surface area contributed by atoms with Crippen LogP contribution in [0.15, 0.2) is 0 Å². The standard InChI is InChI=1S/C10H16N4O3/c1-3-5-6(10(16)17)11-9(15)8-12-7(4-2)13-14-8/h6H,3-5H2,1-2H3,(H,11,15)(H,16,17)(H,12,13,14)/t6-/m0/s1. The molecule has 0 aliphatic carbocycles. The number of carbonyl (C=O) groups is 2. The van der Waals surface area contributed by atoms with Gasteiger partial charge in [0.2, 0.25) is 5.82 Å². The summed E-state index contributed by atoms with van der Waals surface area (Å²) in [5, 5.41) is 17.6. The maximum Gasteiger partial charge on any atom is 0.326 e. The quantitative estimate of drug-likeness (QED) is 0.665. The highest BCUT2D eigenvalue weighted by molar-refractivity contribution is 5.93. The van der Waals surface area contributed by atoms with Gasteiger partial charge in [0.1, 0.15) is 11.9 Å². The van der Waals surface area contributed by atoms with Gasteiger partial charge in [-0.1, -0.05) is 20.3 Å². The molecular formula is C10H16N4O3. The van der Waals surface area contributed by atoms with Crippen molar-refractivity contribution in [2.24, 2.45) is 0 Å². The number of hydrogen-bond donors (Lipinski definition) is 3. The summed E-state index contributed by atoms with van der Waals surface area (Å²) >= 11 is 0. The van der Waals surface area contributed by atoms with Crippen LogP contribution in [0, 0.1) is 0 Å². The lowest BCUT2D eigenvalue weighted by atomic mass is 10.1. The number of nitrogens with zero attached hydrogens (tertiary/aromatic N) is 2. The Hall–Kier alpha value is -1.92. The molecule has 0 aliphatic heterocycles. The normalized spacial score (nSPS) is 12.1. The van der Waals surface area contributed by atoms with Gasteiger partial charge in [-0.25, -0.2) is 9.78 Å². The topological polar surface area (TPSA) is 108 Å². The van der Waals surface area contributed by atoms with E-state index in [0.29, 0.717) is 25.1 Å². The fraction of sp³-hybridized carbons (Fsp3) is 0.600. The van der Waals surface area contributed by atoms with Crippen LogP contribution in [0.3, 0.4) is 0 Å². The van der Waals surface area contributed by atoms with Crippen molar-refractivity contribution >= 4 is 11.9 Å². The first kappa shape index (κ1) is 13.1. The van der Waals surface area contributed by atoms with Gasteiger partial charge < -0.3 is 10.4 Å². The third kappa shape index (κ3) is 3.54. The predicted octanol–water partition coefficient (Wildman–Crippen LogP) is 0.350. The van der Waals surface area contributed by atoms with Gasteiger partial charge in [-0.3, -0.25) is 9.89 Å². The molecule has 0 saturated carbocycles. The van der Waals surface area contributed by atoms with Crippen molar-refractivity contribution in [3.63, 3.8) is 0 Å². The number of rotatable bonds is 6. The van der Waals surface area contributed by atoms with E-state index in [-0.39, 0.29) is 5.82 Å². The zero-order valence-corrected chi connectivity index (χ0v) is 9.86. The zero-order valence-electron chi connectivity index (χ0n) is 9.86. The summed E-state index contributed by atoms with van der Waals surface area (Å²) in [5.74, 6) is -1.05. The molecule has 1 rings (SSSR count). The van der Waals surface area contributed by atoms with Crippen LogP contribution >= 0.6 is 0 Å². The molecule has 0 bridgehead atoms. The van der Waals surface area contributed by atoms with E-state index in [9.17, 15) is 9.59 Å². The number of carbonyl (C=O) groups excluding carboxylic acids is 1. The van der Waals surface area contributed by atoms with Crippen LogP contribution in [0.4, 0.5) is 0 Å². The largest absolute Gasteiger partial charge is 0.480 e. The minimum absolute atomic E-state index is 0.0239. The molecule has 3 N–H and O–H groups in total. The Balaban J connectivity index is 2.66. The molecule has 1 heterocycles. The molecule has 1 atom stereocenters. The number of aryl methyl sites for hydroxylation is 1. The molecule has 0 spiro atoms. The van der Waals surface area contributed by atoms with Crippen molar-refractivity contribution < 1.29 is 14.7 Å². The van der Waals surface area contributed by atoms with Crippen molar-refractivity contribution in [2.45, 2.75) is 39.2 Å². The van der Waals surface area contributed by atoms with Crippen molar-refractivity contribution in [1.82, 2.24) is 20.5 Å². The van der Waals surface area contributed by atoms with Crippen molar-refractivity contribution in [3.05, 3.63) is 11.6 Å². The monoisotopic (exact) mass is 240 g/mol. The maximum atomic E-state index is 11.6. The molecule has 0 fully saturated rings. The first-order chi connectivity index (χ1) is 8.08. The van der Waals surface area contributed by atoms with Crippen molar-refractivity contribution in [3.8, 4) is 0 Å². The number of aliphatic carboxylic acids is 1. The Kier molecular flexibility index (Phi) is 4.62. The minimum Gasteiger partial charge on any atom is -0.480 e. The van der Waals surface area contributed by atoms with E-state index in [4.69, 9.17) is 5.11 Å². The number of carboxylic acids is 1. The number of carboxylic acid groups (broad SMARTS) is 1.